The number of aromatic amines is 1. The number of hydrogen-bond donors (Lipinski definition) is 2. The first-order chi connectivity index (χ1) is 17.5. The summed E-state index contributed by atoms with van der Waals surface area (Å²) in [6.07, 6.45) is 4.07. The SMILES string of the molecule is COc1ccc2c(c1OC)C(=O)N1c3ccccc3C(=O)N(CCCC(=O)NCCc3cnc[nH]3)[C@H]21. The van der Waals surface area contributed by atoms with Crippen molar-refractivity contribution in [3.63, 3.8) is 0 Å². The average Bonchev–Trinajstić information content (AvgIpc) is 3.52. The second-order valence-corrected chi connectivity index (χ2v) is 8.61. The molecule has 3 aromatic rings. The van der Waals surface area contributed by atoms with E-state index in [0.717, 1.165) is 5.69 Å². The Morgan fingerprint density at radius 3 is 2.69 bits per heavy atom. The number of ether oxygens (including phenoxy) is 2. The quantitative estimate of drug-likeness (QED) is 0.477. The zero-order valence-corrected chi connectivity index (χ0v) is 20.1. The first kappa shape index (κ1) is 23.4. The number of para-hydroxylation sites is 1. The summed E-state index contributed by atoms with van der Waals surface area (Å²) < 4.78 is 10.9. The van der Waals surface area contributed by atoms with E-state index >= 15 is 0 Å². The van der Waals surface area contributed by atoms with Crippen molar-refractivity contribution in [3.05, 3.63) is 71.3 Å². The monoisotopic (exact) mass is 489 g/mol. The predicted octanol–water partition coefficient (Wildman–Crippen LogP) is 2.68. The van der Waals surface area contributed by atoms with Crippen LogP contribution in [0.4, 0.5) is 5.69 Å². The highest BCUT2D eigenvalue weighted by Gasteiger charge is 2.49. The van der Waals surface area contributed by atoms with Gasteiger partial charge in [0.2, 0.25) is 5.91 Å². The molecule has 1 atom stereocenters. The Labute approximate surface area is 208 Å². The lowest BCUT2D eigenvalue weighted by Gasteiger charge is -2.41. The number of carbonyl (C=O) groups excluding carboxylic acids is 3. The molecule has 0 saturated heterocycles. The Hall–Kier alpha value is -4.34. The van der Waals surface area contributed by atoms with Crippen molar-refractivity contribution in [2.24, 2.45) is 0 Å². The summed E-state index contributed by atoms with van der Waals surface area (Å²) in [5, 5.41) is 2.90. The van der Waals surface area contributed by atoms with Crippen LogP contribution in [0.15, 0.2) is 48.9 Å². The Bertz CT molecular complexity index is 1310. The molecule has 3 amide bonds. The molecule has 0 saturated carbocycles. The van der Waals surface area contributed by atoms with Gasteiger partial charge in [0, 0.05) is 43.4 Å². The van der Waals surface area contributed by atoms with E-state index in [9.17, 15) is 14.4 Å². The zero-order chi connectivity index (χ0) is 25.2. The summed E-state index contributed by atoms with van der Waals surface area (Å²) in [5.41, 5.74) is 3.01. The lowest BCUT2D eigenvalue weighted by atomic mass is 10.0. The van der Waals surface area contributed by atoms with Crippen LogP contribution in [-0.2, 0) is 11.2 Å². The number of nitrogens with one attached hydrogen (secondary N) is 2. The van der Waals surface area contributed by atoms with E-state index in [2.05, 4.69) is 15.3 Å². The van der Waals surface area contributed by atoms with Crippen LogP contribution in [-0.4, -0.2) is 59.9 Å². The summed E-state index contributed by atoms with van der Waals surface area (Å²) in [5.74, 6) is 0.262. The van der Waals surface area contributed by atoms with E-state index < -0.39 is 6.17 Å². The lowest BCUT2D eigenvalue weighted by molar-refractivity contribution is -0.121. The smallest absolute Gasteiger partial charge is 0.264 e. The van der Waals surface area contributed by atoms with Gasteiger partial charge >= 0.3 is 0 Å². The van der Waals surface area contributed by atoms with Gasteiger partial charge < -0.3 is 24.7 Å². The maximum Gasteiger partial charge on any atom is 0.264 e. The summed E-state index contributed by atoms with van der Waals surface area (Å²) in [6.45, 7) is 0.806. The number of benzene rings is 2. The molecule has 3 heterocycles. The number of aromatic nitrogens is 2. The van der Waals surface area contributed by atoms with Crippen molar-refractivity contribution in [2.75, 3.05) is 32.2 Å². The average molecular weight is 490 g/mol. The van der Waals surface area contributed by atoms with Crippen LogP contribution in [0.5, 0.6) is 11.5 Å². The molecule has 1 aromatic heterocycles. The molecule has 2 aliphatic heterocycles. The molecule has 10 nitrogen and oxygen atoms in total. The lowest BCUT2D eigenvalue weighted by Crippen LogP contribution is -2.48. The molecule has 0 bridgehead atoms. The third-order valence-corrected chi connectivity index (χ3v) is 6.56. The highest BCUT2D eigenvalue weighted by atomic mass is 16.5. The summed E-state index contributed by atoms with van der Waals surface area (Å²) >= 11 is 0. The summed E-state index contributed by atoms with van der Waals surface area (Å²) in [6, 6.07) is 10.6. The summed E-state index contributed by atoms with van der Waals surface area (Å²) in [4.78, 5) is 49.9. The van der Waals surface area contributed by atoms with Gasteiger partial charge in [-0.05, 0) is 24.6 Å². The minimum absolute atomic E-state index is 0.0921. The number of fused-ring (bicyclic) bond motifs is 5. The van der Waals surface area contributed by atoms with Gasteiger partial charge in [0.1, 0.15) is 6.17 Å². The molecule has 0 spiro atoms. The molecule has 0 aliphatic carbocycles. The van der Waals surface area contributed by atoms with Gasteiger partial charge in [-0.1, -0.05) is 18.2 Å². The number of hydrogen-bond acceptors (Lipinski definition) is 6. The molecule has 36 heavy (non-hydrogen) atoms. The number of nitrogens with zero attached hydrogens (tertiary/aromatic N) is 3. The topological polar surface area (TPSA) is 117 Å². The Balaban J connectivity index is 1.37. The van der Waals surface area contributed by atoms with Gasteiger partial charge in [0.25, 0.3) is 11.8 Å². The van der Waals surface area contributed by atoms with Crippen LogP contribution in [0.3, 0.4) is 0 Å². The molecule has 10 heteroatoms. The van der Waals surface area contributed by atoms with Crippen molar-refractivity contribution >= 4 is 23.4 Å². The number of rotatable bonds is 9. The van der Waals surface area contributed by atoms with Crippen molar-refractivity contribution in [1.82, 2.24) is 20.2 Å². The maximum absolute atomic E-state index is 13.7. The Morgan fingerprint density at radius 1 is 1.11 bits per heavy atom. The van der Waals surface area contributed by atoms with E-state index in [-0.39, 0.29) is 24.1 Å². The number of anilines is 1. The van der Waals surface area contributed by atoms with Crippen LogP contribution in [0.2, 0.25) is 0 Å². The van der Waals surface area contributed by atoms with Gasteiger partial charge in [-0.2, -0.15) is 0 Å². The number of imidazole rings is 1. The molecule has 2 aliphatic rings. The molecular formula is C26H27N5O5. The van der Waals surface area contributed by atoms with E-state index in [1.807, 2.05) is 0 Å². The fourth-order valence-electron chi connectivity index (χ4n) is 4.91. The number of methoxy groups -OCH3 is 2. The minimum Gasteiger partial charge on any atom is -0.493 e. The molecule has 2 N–H and O–H groups in total. The fraction of sp³-hybridized carbons (Fsp3) is 0.308. The number of carbonyl (C=O) groups is 3. The van der Waals surface area contributed by atoms with Gasteiger partial charge in [-0.3, -0.25) is 19.3 Å². The zero-order valence-electron chi connectivity index (χ0n) is 20.1. The van der Waals surface area contributed by atoms with Crippen LogP contribution in [0.1, 0.15) is 51.0 Å². The molecule has 0 unspecified atom stereocenters. The van der Waals surface area contributed by atoms with Gasteiger partial charge in [-0.25, -0.2) is 4.98 Å². The highest BCUT2D eigenvalue weighted by Crippen LogP contribution is 2.49. The first-order valence-corrected chi connectivity index (χ1v) is 11.8. The molecule has 5 rings (SSSR count). The normalized spacial score (nSPS) is 15.9. The molecule has 186 valence electrons. The maximum atomic E-state index is 13.7. The van der Waals surface area contributed by atoms with Gasteiger partial charge in [0.15, 0.2) is 11.5 Å². The van der Waals surface area contributed by atoms with Gasteiger partial charge in [0.05, 0.1) is 37.4 Å². The Kier molecular flexibility index (Phi) is 6.32. The third kappa shape index (κ3) is 3.94. The van der Waals surface area contributed by atoms with E-state index in [1.165, 1.54) is 14.2 Å². The number of H-pyrrole nitrogens is 1. The molecule has 2 aromatic carbocycles. The van der Waals surface area contributed by atoms with Crippen molar-refractivity contribution in [2.45, 2.75) is 25.4 Å². The van der Waals surface area contributed by atoms with Gasteiger partial charge in [-0.15, -0.1) is 0 Å². The van der Waals surface area contributed by atoms with Crippen LogP contribution in [0.25, 0.3) is 0 Å². The van der Waals surface area contributed by atoms with E-state index in [4.69, 9.17) is 9.47 Å². The third-order valence-electron chi connectivity index (χ3n) is 6.56. The Morgan fingerprint density at radius 2 is 1.94 bits per heavy atom. The van der Waals surface area contributed by atoms with Crippen molar-refractivity contribution in [1.29, 1.82) is 0 Å². The fourth-order valence-corrected chi connectivity index (χ4v) is 4.91. The number of amides is 3. The molecule has 0 fully saturated rings. The second-order valence-electron chi connectivity index (χ2n) is 8.61. The standard InChI is InChI=1S/C26H27N5O5/c1-35-20-10-9-18-22(23(20)36-2)26(34)31-19-7-4-3-6-17(19)25(33)30(24(18)31)13-5-8-21(32)28-12-11-16-14-27-15-29-16/h3-4,6-7,9-10,14-15,24H,5,8,11-13H2,1-2H3,(H,27,29)(H,28,32)/t24-/m0/s1. The highest BCUT2D eigenvalue weighted by molar-refractivity contribution is 6.18. The minimum atomic E-state index is -0.627. The summed E-state index contributed by atoms with van der Waals surface area (Å²) in [7, 11) is 3.01. The first-order valence-electron chi connectivity index (χ1n) is 11.8. The largest absolute Gasteiger partial charge is 0.493 e. The van der Waals surface area contributed by atoms with E-state index in [1.54, 1.807) is 58.7 Å². The van der Waals surface area contributed by atoms with E-state index in [0.29, 0.717) is 59.8 Å². The predicted molar refractivity (Wildman–Crippen MR) is 131 cm³/mol. The van der Waals surface area contributed by atoms with Crippen molar-refractivity contribution in [3.8, 4) is 11.5 Å². The molecular weight excluding hydrogens is 462 g/mol. The van der Waals surface area contributed by atoms with Crippen molar-refractivity contribution < 1.29 is 23.9 Å². The van der Waals surface area contributed by atoms with Crippen LogP contribution in [0, 0.1) is 0 Å². The second kappa shape index (κ2) is 9.73. The van der Waals surface area contributed by atoms with Crippen LogP contribution >= 0.6 is 0 Å². The van der Waals surface area contributed by atoms with Crippen LogP contribution < -0.4 is 19.7 Å². The molecule has 0 radical (unpaired) electrons.